The van der Waals surface area contributed by atoms with E-state index in [2.05, 4.69) is 15.5 Å². The summed E-state index contributed by atoms with van der Waals surface area (Å²) >= 11 is 2.88. The van der Waals surface area contributed by atoms with Crippen LogP contribution < -0.4 is 5.32 Å². The lowest BCUT2D eigenvalue weighted by Crippen LogP contribution is -2.04. The molecule has 0 bridgehead atoms. The van der Waals surface area contributed by atoms with E-state index in [1.54, 1.807) is 0 Å². The number of anilines is 1. The number of nitrogens with zero attached hydrogens (tertiary/aromatic N) is 2. The van der Waals surface area contributed by atoms with Crippen molar-refractivity contribution in [1.29, 1.82) is 0 Å². The highest BCUT2D eigenvalue weighted by molar-refractivity contribution is 8.00. The molecule has 0 atom stereocenters. The van der Waals surface area contributed by atoms with Crippen LogP contribution in [0.5, 0.6) is 0 Å². The van der Waals surface area contributed by atoms with E-state index in [4.69, 9.17) is 0 Å². The average Bonchev–Trinajstić information content (AvgIpc) is 2.34. The van der Waals surface area contributed by atoms with Crippen LogP contribution in [0.25, 0.3) is 0 Å². The molecular weight excluding hydrogens is 182 g/mol. The number of rotatable bonds is 2. The molecule has 1 amide bonds. The summed E-state index contributed by atoms with van der Waals surface area (Å²) in [5, 5.41) is 10.7. The Kier molecular flexibility index (Phi) is 2.84. The van der Waals surface area contributed by atoms with Crippen molar-refractivity contribution >= 4 is 34.1 Å². The average molecular weight is 189 g/mol. The van der Waals surface area contributed by atoms with Crippen molar-refractivity contribution in [2.75, 3.05) is 11.6 Å². The van der Waals surface area contributed by atoms with Crippen LogP contribution in [0.1, 0.15) is 6.92 Å². The van der Waals surface area contributed by atoms with E-state index in [1.165, 1.54) is 30.0 Å². The molecule has 0 saturated heterocycles. The molecule has 0 aliphatic heterocycles. The Morgan fingerprint density at radius 1 is 1.64 bits per heavy atom. The Morgan fingerprint density at radius 3 is 2.82 bits per heavy atom. The van der Waals surface area contributed by atoms with Crippen molar-refractivity contribution < 1.29 is 4.79 Å². The third-order valence-corrected chi connectivity index (χ3v) is 2.68. The zero-order valence-electron chi connectivity index (χ0n) is 6.12. The summed E-state index contributed by atoms with van der Waals surface area (Å²) in [4.78, 5) is 10.5. The fourth-order valence-electron chi connectivity index (χ4n) is 0.493. The van der Waals surface area contributed by atoms with Crippen molar-refractivity contribution in [3.8, 4) is 0 Å². The second-order valence-electron chi connectivity index (χ2n) is 1.76. The molecule has 0 radical (unpaired) electrons. The monoisotopic (exact) mass is 189 g/mol. The van der Waals surface area contributed by atoms with Gasteiger partial charge in [0.05, 0.1) is 0 Å². The largest absolute Gasteiger partial charge is 0.301 e. The molecule has 0 aliphatic carbocycles. The van der Waals surface area contributed by atoms with Gasteiger partial charge in [0.15, 0.2) is 4.34 Å². The number of carbonyl (C=O) groups is 1. The van der Waals surface area contributed by atoms with E-state index in [0.717, 1.165) is 4.34 Å². The molecule has 0 aliphatic rings. The van der Waals surface area contributed by atoms with Crippen molar-refractivity contribution in [3.63, 3.8) is 0 Å². The summed E-state index contributed by atoms with van der Waals surface area (Å²) in [6.07, 6.45) is 1.91. The number of nitrogens with one attached hydrogen (secondary N) is 1. The SMILES string of the molecule is CSc1nnc(NC(C)=O)s1. The van der Waals surface area contributed by atoms with Crippen LogP contribution in [0.3, 0.4) is 0 Å². The number of aromatic nitrogens is 2. The van der Waals surface area contributed by atoms with Crippen molar-refractivity contribution in [1.82, 2.24) is 10.2 Å². The van der Waals surface area contributed by atoms with E-state index in [-0.39, 0.29) is 5.91 Å². The summed E-state index contributed by atoms with van der Waals surface area (Å²) in [5.74, 6) is -0.117. The lowest BCUT2D eigenvalue weighted by molar-refractivity contribution is -0.114. The van der Waals surface area contributed by atoms with E-state index >= 15 is 0 Å². The van der Waals surface area contributed by atoms with Crippen LogP contribution in [0.15, 0.2) is 4.34 Å². The number of amides is 1. The van der Waals surface area contributed by atoms with Gasteiger partial charge in [-0.15, -0.1) is 10.2 Å². The van der Waals surface area contributed by atoms with Crippen LogP contribution in [-0.2, 0) is 4.79 Å². The maximum Gasteiger partial charge on any atom is 0.223 e. The third kappa shape index (κ3) is 2.47. The Hall–Kier alpha value is -0.620. The van der Waals surface area contributed by atoms with Gasteiger partial charge in [0, 0.05) is 6.92 Å². The van der Waals surface area contributed by atoms with E-state index in [0.29, 0.717) is 5.13 Å². The predicted octanol–water partition coefficient (Wildman–Crippen LogP) is 1.22. The first-order chi connectivity index (χ1) is 5.22. The van der Waals surface area contributed by atoms with Gasteiger partial charge in [-0.05, 0) is 6.26 Å². The second kappa shape index (κ2) is 3.68. The highest BCUT2D eigenvalue weighted by Crippen LogP contribution is 2.22. The van der Waals surface area contributed by atoms with Gasteiger partial charge in [-0.1, -0.05) is 23.1 Å². The summed E-state index contributed by atoms with van der Waals surface area (Å²) in [7, 11) is 0. The molecule has 11 heavy (non-hydrogen) atoms. The minimum atomic E-state index is -0.117. The molecular formula is C5H7N3OS2. The highest BCUT2D eigenvalue weighted by Gasteiger charge is 2.02. The van der Waals surface area contributed by atoms with E-state index in [1.807, 2.05) is 6.26 Å². The quantitative estimate of drug-likeness (QED) is 0.561. The standard InChI is InChI=1S/C5H7N3OS2/c1-3(9)6-4-7-8-5(10-2)11-4/h1-2H3,(H,6,7,9). The minimum Gasteiger partial charge on any atom is -0.301 e. The first kappa shape index (κ1) is 8.48. The van der Waals surface area contributed by atoms with Crippen LogP contribution >= 0.6 is 23.1 Å². The fraction of sp³-hybridized carbons (Fsp3) is 0.400. The van der Waals surface area contributed by atoms with E-state index in [9.17, 15) is 4.79 Å². The summed E-state index contributed by atoms with van der Waals surface area (Å²) < 4.78 is 0.855. The van der Waals surface area contributed by atoms with Crippen LogP contribution in [-0.4, -0.2) is 22.4 Å². The molecule has 1 rings (SSSR count). The van der Waals surface area contributed by atoms with Gasteiger partial charge in [0.25, 0.3) is 0 Å². The Balaban J connectivity index is 2.65. The smallest absolute Gasteiger partial charge is 0.223 e. The number of hydrogen-bond donors (Lipinski definition) is 1. The normalized spacial score (nSPS) is 9.64. The molecule has 1 aromatic heterocycles. The fourth-order valence-corrected chi connectivity index (χ4v) is 1.71. The topological polar surface area (TPSA) is 54.9 Å². The molecule has 0 fully saturated rings. The summed E-state index contributed by atoms with van der Waals surface area (Å²) in [5.41, 5.74) is 0. The Morgan fingerprint density at radius 2 is 2.36 bits per heavy atom. The molecule has 4 nitrogen and oxygen atoms in total. The number of thioether (sulfide) groups is 1. The molecule has 0 saturated carbocycles. The number of carbonyl (C=O) groups excluding carboxylic acids is 1. The summed E-state index contributed by atoms with van der Waals surface area (Å²) in [6.45, 7) is 1.44. The molecule has 1 aromatic rings. The molecule has 6 heteroatoms. The maximum absolute atomic E-state index is 10.5. The second-order valence-corrected chi connectivity index (χ2v) is 3.79. The van der Waals surface area contributed by atoms with Gasteiger partial charge < -0.3 is 5.32 Å². The zero-order chi connectivity index (χ0) is 8.27. The molecule has 60 valence electrons. The highest BCUT2D eigenvalue weighted by atomic mass is 32.2. The molecule has 0 unspecified atom stereocenters. The molecule has 1 N–H and O–H groups in total. The first-order valence-electron chi connectivity index (χ1n) is 2.87. The minimum absolute atomic E-state index is 0.117. The van der Waals surface area contributed by atoms with Gasteiger partial charge in [0.1, 0.15) is 0 Å². The van der Waals surface area contributed by atoms with E-state index < -0.39 is 0 Å². The predicted molar refractivity (Wildman–Crippen MR) is 46.0 cm³/mol. The third-order valence-electron chi connectivity index (χ3n) is 0.864. The Labute approximate surface area is 72.4 Å². The van der Waals surface area contributed by atoms with Gasteiger partial charge in [-0.25, -0.2) is 0 Å². The molecule has 0 aromatic carbocycles. The Bertz CT molecular complexity index is 260. The van der Waals surface area contributed by atoms with Gasteiger partial charge >= 0.3 is 0 Å². The zero-order valence-corrected chi connectivity index (χ0v) is 7.75. The first-order valence-corrected chi connectivity index (χ1v) is 4.91. The van der Waals surface area contributed by atoms with Crippen LogP contribution in [0, 0.1) is 0 Å². The van der Waals surface area contributed by atoms with Gasteiger partial charge in [-0.3, -0.25) is 4.79 Å². The van der Waals surface area contributed by atoms with Gasteiger partial charge in [0.2, 0.25) is 11.0 Å². The van der Waals surface area contributed by atoms with Crippen LogP contribution in [0.2, 0.25) is 0 Å². The molecule has 0 spiro atoms. The van der Waals surface area contributed by atoms with Gasteiger partial charge in [-0.2, -0.15) is 0 Å². The summed E-state index contributed by atoms with van der Waals surface area (Å²) in [6, 6.07) is 0. The lowest BCUT2D eigenvalue weighted by Gasteiger charge is -1.90. The molecule has 1 heterocycles. The lowest BCUT2D eigenvalue weighted by atomic mass is 10.7. The number of hydrogen-bond acceptors (Lipinski definition) is 5. The maximum atomic E-state index is 10.5. The van der Waals surface area contributed by atoms with Crippen molar-refractivity contribution in [2.45, 2.75) is 11.3 Å². The van der Waals surface area contributed by atoms with Crippen molar-refractivity contribution in [2.24, 2.45) is 0 Å². The van der Waals surface area contributed by atoms with Crippen LogP contribution in [0.4, 0.5) is 5.13 Å². The van der Waals surface area contributed by atoms with Crippen molar-refractivity contribution in [3.05, 3.63) is 0 Å².